The van der Waals surface area contributed by atoms with E-state index < -0.39 is 5.97 Å². The monoisotopic (exact) mass is 264 g/mol. The number of rotatable bonds is 5. The molecule has 0 spiro atoms. The molecule has 19 heavy (non-hydrogen) atoms. The molecule has 2 amide bonds. The summed E-state index contributed by atoms with van der Waals surface area (Å²) in [6, 6.07) is 5.56. The highest BCUT2D eigenvalue weighted by atomic mass is 16.4. The number of carboxylic acid groups (broad SMARTS) is 1. The highest BCUT2D eigenvalue weighted by Crippen LogP contribution is 2.16. The highest BCUT2D eigenvalue weighted by Gasteiger charge is 2.13. The van der Waals surface area contributed by atoms with E-state index in [2.05, 4.69) is 5.32 Å². The minimum atomic E-state index is -0.905. The lowest BCUT2D eigenvalue weighted by molar-refractivity contribution is -0.137. The van der Waals surface area contributed by atoms with Crippen molar-refractivity contribution < 1.29 is 14.7 Å². The molecule has 0 aromatic heterocycles. The number of aliphatic carboxylic acids is 1. The fourth-order valence-electron chi connectivity index (χ4n) is 1.70. The summed E-state index contributed by atoms with van der Waals surface area (Å²) in [5.74, 6) is -0.905. The van der Waals surface area contributed by atoms with Crippen molar-refractivity contribution in [1.29, 1.82) is 0 Å². The van der Waals surface area contributed by atoms with Crippen molar-refractivity contribution in [2.75, 3.05) is 18.4 Å². The van der Waals surface area contributed by atoms with E-state index >= 15 is 0 Å². The van der Waals surface area contributed by atoms with Gasteiger partial charge in [-0.25, -0.2) is 4.79 Å². The second kappa shape index (κ2) is 6.78. The van der Waals surface area contributed by atoms with Crippen LogP contribution in [0.1, 0.15) is 24.5 Å². The van der Waals surface area contributed by atoms with E-state index in [1.807, 2.05) is 39.0 Å². The second-order valence-electron chi connectivity index (χ2n) is 4.47. The average molecular weight is 264 g/mol. The minimum absolute atomic E-state index is 0.0476. The summed E-state index contributed by atoms with van der Waals surface area (Å²) < 4.78 is 0. The van der Waals surface area contributed by atoms with Crippen LogP contribution in [0.3, 0.4) is 0 Å². The van der Waals surface area contributed by atoms with E-state index in [-0.39, 0.29) is 19.0 Å². The number of anilines is 1. The van der Waals surface area contributed by atoms with Crippen molar-refractivity contribution in [2.45, 2.75) is 27.2 Å². The van der Waals surface area contributed by atoms with Gasteiger partial charge in [-0.05, 0) is 38.0 Å². The predicted octanol–water partition coefficient (Wildman–Crippen LogP) is 2.63. The first-order chi connectivity index (χ1) is 8.93. The van der Waals surface area contributed by atoms with Crippen LogP contribution in [0, 0.1) is 13.8 Å². The molecule has 0 bridgehead atoms. The molecule has 0 saturated heterocycles. The molecule has 2 N–H and O–H groups in total. The summed E-state index contributed by atoms with van der Waals surface area (Å²) in [7, 11) is 0. The van der Waals surface area contributed by atoms with Crippen LogP contribution in [0.15, 0.2) is 18.2 Å². The molecule has 0 aliphatic heterocycles. The lowest BCUT2D eigenvalue weighted by atomic mass is 10.1. The van der Waals surface area contributed by atoms with Gasteiger partial charge in [0.1, 0.15) is 0 Å². The van der Waals surface area contributed by atoms with Gasteiger partial charge in [0, 0.05) is 18.8 Å². The first-order valence-electron chi connectivity index (χ1n) is 6.29. The largest absolute Gasteiger partial charge is 0.481 e. The van der Waals surface area contributed by atoms with Gasteiger partial charge in [-0.2, -0.15) is 0 Å². The van der Waals surface area contributed by atoms with Crippen LogP contribution >= 0.6 is 0 Å². The number of nitrogens with zero attached hydrogens (tertiary/aromatic N) is 1. The van der Waals surface area contributed by atoms with E-state index in [0.717, 1.165) is 16.8 Å². The maximum atomic E-state index is 12.0. The Morgan fingerprint density at radius 2 is 2.00 bits per heavy atom. The van der Waals surface area contributed by atoms with Crippen LogP contribution in [0.5, 0.6) is 0 Å². The molecule has 0 unspecified atom stereocenters. The number of carbonyl (C=O) groups excluding carboxylic acids is 1. The first kappa shape index (κ1) is 15.0. The van der Waals surface area contributed by atoms with Crippen molar-refractivity contribution in [2.24, 2.45) is 0 Å². The first-order valence-corrected chi connectivity index (χ1v) is 6.29. The molecule has 0 saturated carbocycles. The third-order valence-corrected chi connectivity index (χ3v) is 2.90. The molecule has 0 atom stereocenters. The quantitative estimate of drug-likeness (QED) is 0.859. The molecular formula is C14H20N2O3. The smallest absolute Gasteiger partial charge is 0.321 e. The van der Waals surface area contributed by atoms with Gasteiger partial charge in [0.05, 0.1) is 6.42 Å². The maximum absolute atomic E-state index is 12.0. The van der Waals surface area contributed by atoms with Gasteiger partial charge in [-0.3, -0.25) is 4.79 Å². The Kier molecular flexibility index (Phi) is 5.36. The van der Waals surface area contributed by atoms with Gasteiger partial charge < -0.3 is 15.3 Å². The minimum Gasteiger partial charge on any atom is -0.481 e. The molecule has 5 nitrogen and oxygen atoms in total. The van der Waals surface area contributed by atoms with Crippen molar-refractivity contribution in [3.05, 3.63) is 29.3 Å². The summed E-state index contributed by atoms with van der Waals surface area (Å²) in [5.41, 5.74) is 2.81. The maximum Gasteiger partial charge on any atom is 0.321 e. The molecule has 0 fully saturated rings. The summed E-state index contributed by atoms with van der Waals surface area (Å²) in [6.45, 7) is 6.39. The van der Waals surface area contributed by atoms with Gasteiger partial charge in [-0.15, -0.1) is 0 Å². The Balaban J connectivity index is 2.71. The number of hydrogen-bond donors (Lipinski definition) is 2. The highest BCUT2D eigenvalue weighted by molar-refractivity contribution is 5.90. The number of carboxylic acids is 1. The van der Waals surface area contributed by atoms with Gasteiger partial charge >= 0.3 is 12.0 Å². The Morgan fingerprint density at radius 1 is 1.32 bits per heavy atom. The molecule has 1 aromatic carbocycles. The van der Waals surface area contributed by atoms with E-state index in [1.54, 1.807) is 0 Å². The molecule has 5 heteroatoms. The molecule has 0 heterocycles. The number of benzene rings is 1. The van der Waals surface area contributed by atoms with Crippen molar-refractivity contribution >= 4 is 17.7 Å². The summed E-state index contributed by atoms with van der Waals surface area (Å²) in [6.07, 6.45) is -0.0476. The van der Waals surface area contributed by atoms with Crippen LogP contribution in [0.2, 0.25) is 0 Å². The third kappa shape index (κ3) is 4.62. The van der Waals surface area contributed by atoms with Crippen molar-refractivity contribution in [1.82, 2.24) is 4.90 Å². The zero-order valence-electron chi connectivity index (χ0n) is 11.6. The number of amides is 2. The zero-order chi connectivity index (χ0) is 14.4. The fourth-order valence-corrected chi connectivity index (χ4v) is 1.70. The van der Waals surface area contributed by atoms with Gasteiger partial charge in [-0.1, -0.05) is 12.1 Å². The molecule has 0 aliphatic rings. The van der Waals surface area contributed by atoms with E-state index in [0.29, 0.717) is 6.54 Å². The van der Waals surface area contributed by atoms with Crippen LogP contribution in [0.4, 0.5) is 10.5 Å². The molecular weight excluding hydrogens is 244 g/mol. The normalized spacial score (nSPS) is 10.1. The van der Waals surface area contributed by atoms with Gasteiger partial charge in [0.2, 0.25) is 0 Å². The number of urea groups is 1. The van der Waals surface area contributed by atoms with Crippen molar-refractivity contribution in [3.63, 3.8) is 0 Å². The summed E-state index contributed by atoms with van der Waals surface area (Å²) in [4.78, 5) is 24.1. The topological polar surface area (TPSA) is 69.6 Å². The molecule has 0 radical (unpaired) electrons. The number of aryl methyl sites for hydroxylation is 2. The summed E-state index contributed by atoms with van der Waals surface area (Å²) >= 11 is 0. The number of hydrogen-bond acceptors (Lipinski definition) is 2. The van der Waals surface area contributed by atoms with E-state index in [1.165, 1.54) is 4.90 Å². The molecule has 0 aliphatic carbocycles. The Labute approximate surface area is 113 Å². The van der Waals surface area contributed by atoms with E-state index in [9.17, 15) is 9.59 Å². The Bertz CT molecular complexity index is 472. The lowest BCUT2D eigenvalue weighted by Gasteiger charge is -2.21. The third-order valence-electron chi connectivity index (χ3n) is 2.90. The van der Waals surface area contributed by atoms with Crippen LogP contribution in [-0.2, 0) is 4.79 Å². The second-order valence-corrected chi connectivity index (χ2v) is 4.47. The van der Waals surface area contributed by atoms with Crippen LogP contribution in [0.25, 0.3) is 0 Å². The molecule has 1 aromatic rings. The van der Waals surface area contributed by atoms with Crippen LogP contribution < -0.4 is 5.32 Å². The fraction of sp³-hybridized carbons (Fsp3) is 0.429. The zero-order valence-corrected chi connectivity index (χ0v) is 11.6. The average Bonchev–Trinajstić information content (AvgIpc) is 2.34. The SMILES string of the molecule is CCN(CCC(=O)O)C(=O)Nc1cc(C)ccc1C. The predicted molar refractivity (Wildman–Crippen MR) is 74.4 cm³/mol. The summed E-state index contributed by atoms with van der Waals surface area (Å²) in [5, 5.41) is 11.5. The van der Waals surface area contributed by atoms with E-state index in [4.69, 9.17) is 5.11 Å². The van der Waals surface area contributed by atoms with Gasteiger partial charge in [0.25, 0.3) is 0 Å². The van der Waals surface area contributed by atoms with Crippen LogP contribution in [-0.4, -0.2) is 35.1 Å². The van der Waals surface area contributed by atoms with Gasteiger partial charge in [0.15, 0.2) is 0 Å². The molecule has 104 valence electrons. The number of carbonyl (C=O) groups is 2. The standard InChI is InChI=1S/C14H20N2O3/c1-4-16(8-7-13(17)18)14(19)15-12-9-10(2)5-6-11(12)3/h5-6,9H,4,7-8H2,1-3H3,(H,15,19)(H,17,18). The number of nitrogens with one attached hydrogen (secondary N) is 1. The van der Waals surface area contributed by atoms with Crippen molar-refractivity contribution in [3.8, 4) is 0 Å². The Morgan fingerprint density at radius 3 is 2.58 bits per heavy atom. The Hall–Kier alpha value is -2.04. The lowest BCUT2D eigenvalue weighted by Crippen LogP contribution is -2.36. The molecule has 1 rings (SSSR count).